The Labute approximate surface area is 191 Å². The molecule has 1 atom stereocenters. The summed E-state index contributed by atoms with van der Waals surface area (Å²) < 4.78 is 25.5. The maximum absolute atomic E-state index is 12.9. The van der Waals surface area contributed by atoms with Crippen molar-refractivity contribution in [1.29, 1.82) is 0 Å². The number of nitrogens with zero attached hydrogens (tertiary/aromatic N) is 3. The van der Waals surface area contributed by atoms with E-state index in [1.807, 2.05) is 31.2 Å². The van der Waals surface area contributed by atoms with Crippen LogP contribution in [0.3, 0.4) is 0 Å². The molecule has 1 saturated heterocycles. The Morgan fingerprint density at radius 2 is 1.78 bits per heavy atom. The van der Waals surface area contributed by atoms with Crippen molar-refractivity contribution >= 4 is 44.7 Å². The maximum atomic E-state index is 12.9. The highest BCUT2D eigenvalue weighted by atomic mass is 32.2. The van der Waals surface area contributed by atoms with Crippen LogP contribution in [0.2, 0.25) is 0 Å². The van der Waals surface area contributed by atoms with Crippen LogP contribution in [0.15, 0.2) is 64.4 Å². The lowest BCUT2D eigenvalue weighted by atomic mass is 10.2. The number of aryl methyl sites for hydroxylation is 1. The molecule has 1 N–H and O–H groups in total. The van der Waals surface area contributed by atoms with Crippen LogP contribution in [0.1, 0.15) is 24.6 Å². The third-order valence-electron chi connectivity index (χ3n) is 5.77. The second-order valence-electron chi connectivity index (χ2n) is 8.16. The van der Waals surface area contributed by atoms with Crippen LogP contribution < -0.4 is 10.2 Å². The fraction of sp³-hybridized carbons (Fsp3) is 0.304. The minimum Gasteiger partial charge on any atom is -0.339 e. The van der Waals surface area contributed by atoms with Crippen LogP contribution >= 0.6 is 11.8 Å². The molecule has 0 saturated carbocycles. The molecule has 2 aliphatic rings. The van der Waals surface area contributed by atoms with Gasteiger partial charge >= 0.3 is 0 Å². The highest BCUT2D eigenvalue weighted by molar-refractivity contribution is 7.99. The molecule has 5 rings (SSSR count). The summed E-state index contributed by atoms with van der Waals surface area (Å²) in [6, 6.07) is 18.0. The van der Waals surface area contributed by atoms with Gasteiger partial charge in [-0.25, -0.2) is 13.1 Å². The van der Waals surface area contributed by atoms with Crippen molar-refractivity contribution in [3.05, 3.63) is 60.3 Å². The summed E-state index contributed by atoms with van der Waals surface area (Å²) in [4.78, 5) is 17.4. The number of hydrogen-bond acceptors (Lipinski definition) is 6. The number of anilines is 3. The zero-order valence-corrected chi connectivity index (χ0v) is 19.3. The molecule has 3 heterocycles. The monoisotopic (exact) mass is 468 g/mol. The Bertz CT molecular complexity index is 1240. The van der Waals surface area contributed by atoms with Crippen molar-refractivity contribution < 1.29 is 13.2 Å². The SMILES string of the molecule is Cc1cc(NC(=O)CCN2c3ccccc3Sc3ccccc32)n(C2CCS(=O)(=O)C2)n1. The number of aromatic nitrogens is 2. The van der Waals surface area contributed by atoms with Gasteiger partial charge in [0.25, 0.3) is 0 Å². The fourth-order valence-electron chi connectivity index (χ4n) is 4.30. The van der Waals surface area contributed by atoms with Crippen molar-refractivity contribution in [1.82, 2.24) is 9.78 Å². The number of carbonyl (C=O) groups excluding carboxylic acids is 1. The standard InChI is InChI=1S/C23H24N4O3S2/c1-16-14-22(27(25-16)17-11-13-32(29,30)15-17)24-23(28)10-12-26-18-6-2-4-8-20(18)31-21-9-5-3-7-19(21)26/h2-9,14,17H,10-13,15H2,1H3,(H,24,28). The van der Waals surface area contributed by atoms with Crippen molar-refractivity contribution in [2.75, 3.05) is 28.3 Å². The van der Waals surface area contributed by atoms with E-state index in [2.05, 4.69) is 39.6 Å². The number of fused-ring (bicyclic) bond motifs is 2. The number of hydrogen-bond donors (Lipinski definition) is 1. The van der Waals surface area contributed by atoms with E-state index in [9.17, 15) is 13.2 Å². The highest BCUT2D eigenvalue weighted by Gasteiger charge is 2.31. The van der Waals surface area contributed by atoms with E-state index in [0.29, 0.717) is 25.2 Å². The lowest BCUT2D eigenvalue weighted by Crippen LogP contribution is -2.26. The first kappa shape index (κ1) is 21.1. The van der Waals surface area contributed by atoms with E-state index in [1.165, 1.54) is 9.79 Å². The van der Waals surface area contributed by atoms with Gasteiger partial charge in [0.1, 0.15) is 5.82 Å². The molecule has 2 aliphatic heterocycles. The van der Waals surface area contributed by atoms with Crippen molar-refractivity contribution in [3.8, 4) is 0 Å². The Balaban J connectivity index is 1.32. The Morgan fingerprint density at radius 3 is 2.41 bits per heavy atom. The molecule has 1 fully saturated rings. The second-order valence-corrected chi connectivity index (χ2v) is 11.5. The Hall–Kier alpha value is -2.78. The maximum Gasteiger partial charge on any atom is 0.227 e. The first-order chi connectivity index (χ1) is 15.4. The lowest BCUT2D eigenvalue weighted by molar-refractivity contribution is -0.116. The van der Waals surface area contributed by atoms with Gasteiger partial charge in [-0.15, -0.1) is 0 Å². The molecule has 2 aromatic carbocycles. The predicted molar refractivity (Wildman–Crippen MR) is 127 cm³/mol. The molecular weight excluding hydrogens is 444 g/mol. The van der Waals surface area contributed by atoms with Gasteiger partial charge < -0.3 is 10.2 Å². The molecule has 9 heteroatoms. The first-order valence-corrected chi connectivity index (χ1v) is 13.2. The van der Waals surface area contributed by atoms with Crippen LogP contribution in [0.5, 0.6) is 0 Å². The van der Waals surface area contributed by atoms with Gasteiger partial charge in [-0.3, -0.25) is 4.79 Å². The topological polar surface area (TPSA) is 84.3 Å². The summed E-state index contributed by atoms with van der Waals surface area (Å²) in [7, 11) is -3.04. The number of benzene rings is 2. The average molecular weight is 469 g/mol. The zero-order valence-electron chi connectivity index (χ0n) is 17.7. The van der Waals surface area contributed by atoms with E-state index >= 15 is 0 Å². The molecule has 7 nitrogen and oxygen atoms in total. The number of amides is 1. The van der Waals surface area contributed by atoms with E-state index in [0.717, 1.165) is 17.1 Å². The van der Waals surface area contributed by atoms with Gasteiger partial charge in [-0.05, 0) is 37.6 Å². The molecular formula is C23H24N4O3S2. The van der Waals surface area contributed by atoms with Crippen LogP contribution in [0.4, 0.5) is 17.2 Å². The summed E-state index contributed by atoms with van der Waals surface area (Å²) in [5, 5.41) is 7.40. The van der Waals surface area contributed by atoms with E-state index in [-0.39, 0.29) is 23.5 Å². The molecule has 0 aliphatic carbocycles. The smallest absolute Gasteiger partial charge is 0.227 e. The number of rotatable bonds is 5. The minimum atomic E-state index is -3.04. The van der Waals surface area contributed by atoms with Gasteiger partial charge in [0.2, 0.25) is 5.91 Å². The third kappa shape index (κ3) is 4.14. The third-order valence-corrected chi connectivity index (χ3v) is 8.65. The van der Waals surface area contributed by atoms with Crippen LogP contribution in [0, 0.1) is 6.92 Å². The number of carbonyl (C=O) groups is 1. The van der Waals surface area contributed by atoms with Crippen LogP contribution in [0.25, 0.3) is 0 Å². The quantitative estimate of drug-likeness (QED) is 0.605. The summed E-state index contributed by atoms with van der Waals surface area (Å²) in [6.07, 6.45) is 0.811. The van der Waals surface area contributed by atoms with Gasteiger partial charge in [-0.1, -0.05) is 36.0 Å². The zero-order chi connectivity index (χ0) is 22.3. The lowest BCUT2D eigenvalue weighted by Gasteiger charge is -2.32. The van der Waals surface area contributed by atoms with E-state index in [1.54, 1.807) is 22.5 Å². The molecule has 32 heavy (non-hydrogen) atoms. The molecule has 0 spiro atoms. The summed E-state index contributed by atoms with van der Waals surface area (Å²) in [5.41, 5.74) is 2.95. The first-order valence-electron chi connectivity index (χ1n) is 10.6. The van der Waals surface area contributed by atoms with Crippen LogP contribution in [-0.4, -0.2) is 42.2 Å². The summed E-state index contributed by atoms with van der Waals surface area (Å²) in [6.45, 7) is 2.38. The summed E-state index contributed by atoms with van der Waals surface area (Å²) in [5.74, 6) is 0.663. The van der Waals surface area contributed by atoms with Gasteiger partial charge in [0.15, 0.2) is 9.84 Å². The highest BCUT2D eigenvalue weighted by Crippen LogP contribution is 2.47. The molecule has 0 radical (unpaired) electrons. The van der Waals surface area contributed by atoms with Crippen molar-refractivity contribution in [3.63, 3.8) is 0 Å². The number of sulfone groups is 1. The largest absolute Gasteiger partial charge is 0.339 e. The Morgan fingerprint density at radius 1 is 1.12 bits per heavy atom. The molecule has 3 aromatic rings. The molecule has 1 unspecified atom stereocenters. The van der Waals surface area contributed by atoms with E-state index < -0.39 is 9.84 Å². The van der Waals surface area contributed by atoms with Gasteiger partial charge in [-0.2, -0.15) is 5.10 Å². The van der Waals surface area contributed by atoms with E-state index in [4.69, 9.17) is 0 Å². The van der Waals surface area contributed by atoms with Crippen molar-refractivity contribution in [2.24, 2.45) is 0 Å². The van der Waals surface area contributed by atoms with Crippen molar-refractivity contribution in [2.45, 2.75) is 35.6 Å². The average Bonchev–Trinajstić information content (AvgIpc) is 3.32. The number of para-hydroxylation sites is 2. The van der Waals surface area contributed by atoms with Crippen LogP contribution in [-0.2, 0) is 14.6 Å². The second kappa shape index (κ2) is 8.29. The molecule has 0 bridgehead atoms. The molecule has 1 aromatic heterocycles. The van der Waals surface area contributed by atoms with Gasteiger partial charge in [0.05, 0.1) is 34.6 Å². The normalized spacial score (nSPS) is 18.8. The number of nitrogens with one attached hydrogen (secondary N) is 1. The van der Waals surface area contributed by atoms with Gasteiger partial charge in [0, 0.05) is 28.8 Å². The molecule has 166 valence electrons. The summed E-state index contributed by atoms with van der Waals surface area (Å²) >= 11 is 1.74. The Kier molecular flexibility index (Phi) is 5.46. The fourth-order valence-corrected chi connectivity index (χ4v) is 7.09. The predicted octanol–water partition coefficient (Wildman–Crippen LogP) is 4.18. The molecule has 1 amide bonds. The minimum absolute atomic E-state index is 0.0655.